The van der Waals surface area contributed by atoms with Crippen LogP contribution in [-0.2, 0) is 18.4 Å². The first kappa shape index (κ1) is 16.6. The maximum atomic E-state index is 13.2. The third-order valence-corrected chi connectivity index (χ3v) is 4.24. The fourth-order valence-electron chi connectivity index (χ4n) is 2.80. The van der Waals surface area contributed by atoms with Crippen LogP contribution >= 0.6 is 0 Å². The Bertz CT molecular complexity index is 677. The van der Waals surface area contributed by atoms with E-state index in [4.69, 9.17) is 4.74 Å². The summed E-state index contributed by atoms with van der Waals surface area (Å²) in [5.74, 6) is 0.912. The number of nitrogens with zero attached hydrogens (tertiary/aromatic N) is 3. The third-order valence-electron chi connectivity index (χ3n) is 4.24. The average molecular weight is 327 g/mol. The number of carbonyl (C=O) groups excluding carboxylic acids is 1. The van der Waals surface area contributed by atoms with Crippen LogP contribution in [0.5, 0.6) is 5.75 Å². The average Bonchev–Trinajstić information content (AvgIpc) is 3.33. The Kier molecular flexibility index (Phi) is 4.88. The molecule has 0 bridgehead atoms. The van der Waals surface area contributed by atoms with Crippen molar-refractivity contribution < 1.29 is 9.53 Å². The lowest BCUT2D eigenvalue weighted by molar-refractivity contribution is -0.142. The highest BCUT2D eigenvalue weighted by Gasteiger charge is 2.38. The molecule has 1 aliphatic rings. The molecule has 5 nitrogen and oxygen atoms in total. The fourth-order valence-corrected chi connectivity index (χ4v) is 2.80. The van der Waals surface area contributed by atoms with Gasteiger partial charge in [0.15, 0.2) is 6.10 Å². The van der Waals surface area contributed by atoms with Crippen molar-refractivity contribution in [3.05, 3.63) is 48.3 Å². The summed E-state index contributed by atoms with van der Waals surface area (Å²) in [5.41, 5.74) is 1.06. The van der Waals surface area contributed by atoms with E-state index in [1.807, 2.05) is 68.5 Å². The highest BCUT2D eigenvalue weighted by atomic mass is 16.5. The van der Waals surface area contributed by atoms with Gasteiger partial charge in [-0.15, -0.1) is 0 Å². The summed E-state index contributed by atoms with van der Waals surface area (Å²) < 4.78 is 7.80. The molecule has 24 heavy (non-hydrogen) atoms. The summed E-state index contributed by atoms with van der Waals surface area (Å²) in [6, 6.07) is 9.91. The number of para-hydroxylation sites is 1. The zero-order chi connectivity index (χ0) is 17.1. The van der Waals surface area contributed by atoms with Gasteiger partial charge in [0.05, 0.1) is 6.20 Å². The second-order valence-electron chi connectivity index (χ2n) is 6.82. The van der Waals surface area contributed by atoms with Crippen LogP contribution in [-0.4, -0.2) is 32.7 Å². The van der Waals surface area contributed by atoms with Gasteiger partial charge in [-0.1, -0.05) is 32.0 Å². The van der Waals surface area contributed by atoms with E-state index in [2.05, 4.69) is 5.10 Å². The molecular formula is C19H25N3O2. The van der Waals surface area contributed by atoms with Gasteiger partial charge in [0.2, 0.25) is 0 Å². The Morgan fingerprint density at radius 1 is 1.33 bits per heavy atom. The van der Waals surface area contributed by atoms with Crippen molar-refractivity contribution in [3.63, 3.8) is 0 Å². The van der Waals surface area contributed by atoms with E-state index in [1.54, 1.807) is 4.68 Å². The molecule has 2 aromatic rings. The molecule has 0 aliphatic heterocycles. The van der Waals surface area contributed by atoms with Gasteiger partial charge < -0.3 is 9.64 Å². The number of carbonyl (C=O) groups is 1. The minimum Gasteiger partial charge on any atom is -0.480 e. The Labute approximate surface area is 143 Å². The van der Waals surface area contributed by atoms with Gasteiger partial charge in [-0.2, -0.15) is 5.10 Å². The topological polar surface area (TPSA) is 47.4 Å². The van der Waals surface area contributed by atoms with Crippen LogP contribution in [0.4, 0.5) is 0 Å². The first-order valence-electron chi connectivity index (χ1n) is 8.54. The van der Waals surface area contributed by atoms with Crippen LogP contribution < -0.4 is 4.74 Å². The summed E-state index contributed by atoms with van der Waals surface area (Å²) in [4.78, 5) is 15.1. The molecule has 0 unspecified atom stereocenters. The molecule has 3 rings (SSSR count). The molecule has 1 aliphatic carbocycles. The number of aromatic nitrogens is 2. The van der Waals surface area contributed by atoms with E-state index >= 15 is 0 Å². The molecule has 1 fully saturated rings. The number of hydrogen-bond acceptors (Lipinski definition) is 3. The molecule has 0 saturated heterocycles. The molecule has 0 N–H and O–H groups in total. The minimum atomic E-state index is -0.468. The highest BCUT2D eigenvalue weighted by molar-refractivity contribution is 5.82. The molecule has 1 saturated carbocycles. The Balaban J connectivity index is 1.76. The molecule has 1 aromatic heterocycles. The number of ether oxygens (including phenoxy) is 1. The number of benzene rings is 1. The quantitative estimate of drug-likeness (QED) is 0.785. The lowest BCUT2D eigenvalue weighted by Gasteiger charge is -2.29. The van der Waals surface area contributed by atoms with Crippen molar-refractivity contribution >= 4 is 5.91 Å². The van der Waals surface area contributed by atoms with Crippen LogP contribution in [0, 0.1) is 5.92 Å². The van der Waals surface area contributed by atoms with Gasteiger partial charge in [0.25, 0.3) is 5.91 Å². The molecule has 1 aromatic carbocycles. The SMILES string of the molecule is CC(C)[C@H](Oc1ccccc1)C(=O)N(Cc1cnn(C)c1)C1CC1. The van der Waals surface area contributed by atoms with Crippen LogP contribution in [0.25, 0.3) is 0 Å². The maximum absolute atomic E-state index is 13.2. The van der Waals surface area contributed by atoms with Gasteiger partial charge >= 0.3 is 0 Å². The van der Waals surface area contributed by atoms with Crippen LogP contribution in [0.1, 0.15) is 32.3 Å². The Hall–Kier alpha value is -2.30. The third kappa shape index (κ3) is 3.96. The summed E-state index contributed by atoms with van der Waals surface area (Å²) >= 11 is 0. The Morgan fingerprint density at radius 2 is 2.04 bits per heavy atom. The van der Waals surface area contributed by atoms with Gasteiger partial charge in [-0.3, -0.25) is 9.48 Å². The summed E-state index contributed by atoms with van der Waals surface area (Å²) in [5, 5.41) is 4.20. The van der Waals surface area contributed by atoms with E-state index in [1.165, 1.54) is 0 Å². The van der Waals surface area contributed by atoms with Gasteiger partial charge in [0.1, 0.15) is 5.75 Å². The normalized spacial score (nSPS) is 15.3. The molecule has 1 amide bonds. The van der Waals surface area contributed by atoms with E-state index in [9.17, 15) is 4.79 Å². The van der Waals surface area contributed by atoms with E-state index in [0.717, 1.165) is 24.2 Å². The largest absolute Gasteiger partial charge is 0.480 e. The first-order valence-corrected chi connectivity index (χ1v) is 8.54. The van der Waals surface area contributed by atoms with Crippen molar-refractivity contribution in [2.24, 2.45) is 13.0 Å². The lowest BCUT2D eigenvalue weighted by atomic mass is 10.1. The van der Waals surface area contributed by atoms with Gasteiger partial charge in [-0.05, 0) is 30.9 Å². The zero-order valence-corrected chi connectivity index (χ0v) is 14.6. The smallest absolute Gasteiger partial charge is 0.264 e. The fraction of sp³-hybridized carbons (Fsp3) is 0.474. The Morgan fingerprint density at radius 3 is 2.58 bits per heavy atom. The molecule has 128 valence electrons. The molecule has 5 heteroatoms. The second-order valence-corrected chi connectivity index (χ2v) is 6.82. The lowest BCUT2D eigenvalue weighted by Crippen LogP contribution is -2.45. The van der Waals surface area contributed by atoms with Crippen molar-refractivity contribution in [2.75, 3.05) is 0 Å². The van der Waals surface area contributed by atoms with E-state index in [0.29, 0.717) is 12.6 Å². The van der Waals surface area contributed by atoms with Gasteiger partial charge in [0, 0.05) is 31.4 Å². The predicted molar refractivity (Wildman–Crippen MR) is 92.5 cm³/mol. The highest BCUT2D eigenvalue weighted by Crippen LogP contribution is 2.30. The van der Waals surface area contributed by atoms with Crippen molar-refractivity contribution in [1.82, 2.24) is 14.7 Å². The summed E-state index contributed by atoms with van der Waals surface area (Å²) in [7, 11) is 1.89. The second kappa shape index (κ2) is 7.07. The molecule has 1 heterocycles. The predicted octanol–water partition coefficient (Wildman–Crippen LogP) is 3.01. The minimum absolute atomic E-state index is 0.0696. The van der Waals surface area contributed by atoms with E-state index in [-0.39, 0.29) is 11.8 Å². The molecule has 1 atom stereocenters. The van der Waals surface area contributed by atoms with Crippen LogP contribution in [0.15, 0.2) is 42.7 Å². The summed E-state index contributed by atoms with van der Waals surface area (Å²) in [6.45, 7) is 4.65. The zero-order valence-electron chi connectivity index (χ0n) is 14.6. The van der Waals surface area contributed by atoms with Gasteiger partial charge in [-0.25, -0.2) is 0 Å². The summed E-state index contributed by atoms with van der Waals surface area (Å²) in [6.07, 6.45) is 5.46. The number of amides is 1. The van der Waals surface area contributed by atoms with Crippen molar-refractivity contribution in [2.45, 2.75) is 45.4 Å². The molecule has 0 radical (unpaired) electrons. The molecular weight excluding hydrogens is 302 g/mol. The van der Waals surface area contributed by atoms with E-state index < -0.39 is 6.10 Å². The monoisotopic (exact) mass is 327 g/mol. The van der Waals surface area contributed by atoms with Crippen molar-refractivity contribution in [1.29, 1.82) is 0 Å². The molecule has 0 spiro atoms. The first-order chi connectivity index (χ1) is 11.5. The number of aryl methyl sites for hydroxylation is 1. The van der Waals surface area contributed by atoms with Crippen molar-refractivity contribution in [3.8, 4) is 5.75 Å². The standard InChI is InChI=1S/C19H25N3O2/c1-14(2)18(24-17-7-5-4-6-8-17)19(23)22(16-9-10-16)13-15-11-20-21(3)12-15/h4-8,11-12,14,16,18H,9-10,13H2,1-3H3/t18-/m0/s1. The number of rotatable bonds is 7. The number of hydrogen-bond donors (Lipinski definition) is 0. The van der Waals surface area contributed by atoms with Crippen LogP contribution in [0.2, 0.25) is 0 Å². The maximum Gasteiger partial charge on any atom is 0.264 e. The van der Waals surface area contributed by atoms with Crippen LogP contribution in [0.3, 0.4) is 0 Å².